The third-order valence-corrected chi connectivity index (χ3v) is 3.49. The molecule has 0 aliphatic heterocycles. The van der Waals surface area contributed by atoms with Crippen LogP contribution in [0.4, 0.5) is 0 Å². The van der Waals surface area contributed by atoms with Crippen LogP contribution in [0.25, 0.3) is 0 Å². The molecular formula is C13H16O3S. The van der Waals surface area contributed by atoms with Crippen molar-refractivity contribution in [1.82, 2.24) is 0 Å². The molecule has 0 heterocycles. The summed E-state index contributed by atoms with van der Waals surface area (Å²) in [6.07, 6.45) is 4.45. The lowest BCUT2D eigenvalue weighted by Gasteiger charge is -2.24. The molecule has 92 valence electrons. The van der Waals surface area contributed by atoms with Gasteiger partial charge < -0.3 is 9.99 Å². The molecule has 0 bridgehead atoms. The van der Waals surface area contributed by atoms with Crippen LogP contribution in [0.15, 0.2) is 42.5 Å². The highest BCUT2D eigenvalue weighted by molar-refractivity contribution is 7.95. The molecule has 3 nitrogen and oxygen atoms in total. The Labute approximate surface area is 106 Å². The molecule has 1 aromatic carbocycles. The van der Waals surface area contributed by atoms with Crippen molar-refractivity contribution in [3.8, 4) is 5.75 Å². The molecule has 1 aliphatic carbocycles. The fraction of sp³-hybridized carbons (Fsp3) is 0.385. The van der Waals surface area contributed by atoms with Gasteiger partial charge in [-0.05, 0) is 24.5 Å². The van der Waals surface area contributed by atoms with Crippen LogP contribution >= 0.6 is 12.0 Å². The van der Waals surface area contributed by atoms with Crippen molar-refractivity contribution in [2.75, 3.05) is 0 Å². The number of aliphatic hydroxyl groups excluding tert-OH is 1. The molecule has 0 fully saturated rings. The van der Waals surface area contributed by atoms with E-state index in [9.17, 15) is 5.11 Å². The summed E-state index contributed by atoms with van der Waals surface area (Å²) in [6.45, 7) is 2.09. The van der Waals surface area contributed by atoms with Gasteiger partial charge in [-0.1, -0.05) is 37.3 Å². The van der Waals surface area contributed by atoms with Crippen molar-refractivity contribution in [3.63, 3.8) is 0 Å². The molecule has 0 saturated carbocycles. The predicted molar refractivity (Wildman–Crippen MR) is 68.5 cm³/mol. The van der Waals surface area contributed by atoms with E-state index in [2.05, 4.69) is 13.0 Å². The van der Waals surface area contributed by atoms with Crippen molar-refractivity contribution in [3.05, 3.63) is 42.5 Å². The van der Waals surface area contributed by atoms with E-state index in [4.69, 9.17) is 9.22 Å². The van der Waals surface area contributed by atoms with Crippen molar-refractivity contribution in [1.29, 1.82) is 0 Å². The molecule has 0 amide bonds. The van der Waals surface area contributed by atoms with Gasteiger partial charge in [0.15, 0.2) is 5.75 Å². The Morgan fingerprint density at radius 2 is 2.00 bits per heavy atom. The lowest BCUT2D eigenvalue weighted by Crippen LogP contribution is -2.27. The van der Waals surface area contributed by atoms with Crippen LogP contribution in [-0.2, 0) is 4.33 Å². The fourth-order valence-electron chi connectivity index (χ4n) is 1.70. The molecule has 0 spiro atoms. The molecule has 17 heavy (non-hydrogen) atoms. The Balaban J connectivity index is 1.77. The number of para-hydroxylation sites is 1. The number of hydrogen-bond acceptors (Lipinski definition) is 4. The summed E-state index contributed by atoms with van der Waals surface area (Å²) in [5.41, 5.74) is 0. The summed E-state index contributed by atoms with van der Waals surface area (Å²) in [6, 6.07) is 9.29. The maximum atomic E-state index is 9.83. The molecule has 4 heteroatoms. The summed E-state index contributed by atoms with van der Waals surface area (Å²) in [5.74, 6) is 1.08. The van der Waals surface area contributed by atoms with Gasteiger partial charge in [0.25, 0.3) is 0 Å². The number of allylic oxidation sites excluding steroid dienone is 1. The normalized spacial score (nSPS) is 28.0. The van der Waals surface area contributed by atoms with Crippen molar-refractivity contribution in [2.24, 2.45) is 5.92 Å². The third kappa shape index (κ3) is 3.77. The van der Waals surface area contributed by atoms with Gasteiger partial charge >= 0.3 is 0 Å². The first-order valence-corrected chi connectivity index (χ1v) is 6.47. The topological polar surface area (TPSA) is 38.7 Å². The molecule has 0 aromatic heterocycles. The minimum absolute atomic E-state index is 0.0603. The second-order valence-electron chi connectivity index (χ2n) is 4.19. The Morgan fingerprint density at radius 1 is 1.24 bits per heavy atom. The lowest BCUT2D eigenvalue weighted by molar-refractivity contribution is -0.0792. The number of aliphatic hydroxyl groups is 1. The third-order valence-electron chi connectivity index (χ3n) is 2.65. The van der Waals surface area contributed by atoms with Gasteiger partial charge in [0.1, 0.15) is 0 Å². The van der Waals surface area contributed by atoms with Crippen LogP contribution in [-0.4, -0.2) is 16.5 Å². The SMILES string of the molecule is C[C@@H]1C=C[C@@H](SOOc2ccccc2)[C@H](O)C1. The van der Waals surface area contributed by atoms with Crippen LogP contribution < -0.4 is 4.89 Å². The van der Waals surface area contributed by atoms with E-state index in [1.54, 1.807) is 0 Å². The summed E-state index contributed by atoms with van der Waals surface area (Å²) >= 11 is 1.14. The van der Waals surface area contributed by atoms with Gasteiger partial charge in [-0.15, -0.1) is 4.33 Å². The summed E-state index contributed by atoms with van der Waals surface area (Å²) in [5, 5.41) is 9.77. The average molecular weight is 252 g/mol. The molecule has 1 aliphatic rings. The van der Waals surface area contributed by atoms with Crippen LogP contribution in [0.5, 0.6) is 5.75 Å². The van der Waals surface area contributed by atoms with Gasteiger partial charge in [-0.2, -0.15) is 0 Å². The maximum absolute atomic E-state index is 9.83. The van der Waals surface area contributed by atoms with Crippen LogP contribution in [0.2, 0.25) is 0 Å². The number of benzene rings is 1. The Bertz CT molecular complexity index is 366. The van der Waals surface area contributed by atoms with E-state index in [0.717, 1.165) is 18.5 Å². The second kappa shape index (κ2) is 6.10. The summed E-state index contributed by atoms with van der Waals surface area (Å²) < 4.78 is 5.07. The molecular weight excluding hydrogens is 236 g/mol. The molecule has 1 aromatic rings. The van der Waals surface area contributed by atoms with E-state index < -0.39 is 0 Å². The molecule has 0 saturated heterocycles. The zero-order valence-electron chi connectivity index (χ0n) is 9.65. The Hall–Kier alpha value is -0.970. The number of rotatable bonds is 4. The highest BCUT2D eigenvalue weighted by Crippen LogP contribution is 2.27. The summed E-state index contributed by atoms with van der Waals surface area (Å²) in [4.78, 5) is 5.10. The predicted octanol–water partition coefficient (Wildman–Crippen LogP) is 2.97. The second-order valence-corrected chi connectivity index (χ2v) is 5.06. The highest BCUT2D eigenvalue weighted by atomic mass is 32.2. The Morgan fingerprint density at radius 3 is 2.71 bits per heavy atom. The van der Waals surface area contributed by atoms with Gasteiger partial charge in [0.2, 0.25) is 0 Å². The standard InChI is InChI=1S/C13H16O3S/c1-10-7-8-13(12(14)9-10)17-16-15-11-5-3-2-4-6-11/h2-8,10,12-14H,9H2,1H3/t10-,12-,13-/m1/s1. The maximum Gasteiger partial charge on any atom is 0.166 e. The highest BCUT2D eigenvalue weighted by Gasteiger charge is 2.24. The van der Waals surface area contributed by atoms with Gasteiger partial charge in [0, 0.05) is 0 Å². The largest absolute Gasteiger partial charge is 0.392 e. The monoisotopic (exact) mass is 252 g/mol. The molecule has 2 rings (SSSR count). The zero-order chi connectivity index (χ0) is 12.1. The first-order chi connectivity index (χ1) is 8.25. The Kier molecular flexibility index (Phi) is 4.48. The molecule has 1 N–H and O–H groups in total. The van der Waals surface area contributed by atoms with Crippen molar-refractivity contribution in [2.45, 2.75) is 24.7 Å². The van der Waals surface area contributed by atoms with E-state index in [1.807, 2.05) is 36.4 Å². The summed E-state index contributed by atoms with van der Waals surface area (Å²) in [7, 11) is 0. The minimum Gasteiger partial charge on any atom is -0.392 e. The quantitative estimate of drug-likeness (QED) is 0.387. The van der Waals surface area contributed by atoms with Gasteiger partial charge in [-0.25, -0.2) is 0 Å². The first-order valence-electron chi connectivity index (χ1n) is 5.67. The van der Waals surface area contributed by atoms with E-state index >= 15 is 0 Å². The van der Waals surface area contributed by atoms with Gasteiger partial charge in [0.05, 0.1) is 23.4 Å². The van der Waals surface area contributed by atoms with E-state index in [-0.39, 0.29) is 11.4 Å². The fourth-order valence-corrected chi connectivity index (χ4v) is 2.30. The molecule has 3 atom stereocenters. The van der Waals surface area contributed by atoms with Crippen LogP contribution in [0, 0.1) is 5.92 Å². The van der Waals surface area contributed by atoms with E-state index in [1.165, 1.54) is 0 Å². The molecule has 0 radical (unpaired) electrons. The average Bonchev–Trinajstić information content (AvgIpc) is 2.33. The van der Waals surface area contributed by atoms with Gasteiger partial charge in [-0.3, -0.25) is 0 Å². The molecule has 0 unspecified atom stereocenters. The minimum atomic E-state index is -0.376. The van der Waals surface area contributed by atoms with Crippen molar-refractivity contribution < 1.29 is 14.3 Å². The smallest absolute Gasteiger partial charge is 0.166 e. The van der Waals surface area contributed by atoms with Crippen molar-refractivity contribution >= 4 is 12.0 Å². The zero-order valence-corrected chi connectivity index (χ0v) is 10.5. The number of hydrogen-bond donors (Lipinski definition) is 1. The van der Waals surface area contributed by atoms with Crippen LogP contribution in [0.1, 0.15) is 13.3 Å². The van der Waals surface area contributed by atoms with Crippen LogP contribution in [0.3, 0.4) is 0 Å². The lowest BCUT2D eigenvalue weighted by atomic mass is 9.95. The first kappa shape index (κ1) is 12.5. The van der Waals surface area contributed by atoms with E-state index in [0.29, 0.717) is 11.7 Å².